The third-order valence-electron chi connectivity index (χ3n) is 6.77. The van der Waals surface area contributed by atoms with E-state index in [-0.39, 0.29) is 5.97 Å². The Morgan fingerprint density at radius 3 is 1.83 bits per heavy atom. The molecule has 4 aromatic carbocycles. The lowest BCUT2D eigenvalue weighted by molar-refractivity contribution is 0.0251. The van der Waals surface area contributed by atoms with Crippen molar-refractivity contribution in [3.63, 3.8) is 0 Å². The van der Waals surface area contributed by atoms with E-state index in [2.05, 4.69) is 82.6 Å². The monoisotopic (exact) mass is 474 g/mol. The highest BCUT2D eigenvalue weighted by Crippen LogP contribution is 2.48. The molecule has 5 rings (SSSR count). The van der Waals surface area contributed by atoms with Gasteiger partial charge >= 0.3 is 5.97 Å². The first-order chi connectivity index (χ1) is 17.4. The summed E-state index contributed by atoms with van der Waals surface area (Å²) in [4.78, 5) is 17.3. The molecule has 36 heavy (non-hydrogen) atoms. The molecule has 1 aliphatic heterocycles. The van der Waals surface area contributed by atoms with Gasteiger partial charge in [0, 0.05) is 56.3 Å². The van der Waals surface area contributed by atoms with Crippen LogP contribution >= 0.6 is 0 Å². The molecular formula is C32H30N2O2. The zero-order valence-electron chi connectivity index (χ0n) is 21.1. The second kappa shape index (κ2) is 9.38. The number of nitrogens with zero attached hydrogens (tertiary/aromatic N) is 2. The van der Waals surface area contributed by atoms with E-state index in [1.165, 1.54) is 0 Å². The summed E-state index contributed by atoms with van der Waals surface area (Å²) in [5, 5.41) is 0. The van der Waals surface area contributed by atoms with Crippen molar-refractivity contribution in [1.82, 2.24) is 0 Å². The molecule has 1 atom stereocenters. The highest BCUT2D eigenvalue weighted by Gasteiger charge is 2.49. The van der Waals surface area contributed by atoms with E-state index in [1.807, 2.05) is 64.6 Å². The molecule has 180 valence electrons. The fraction of sp³-hybridized carbons (Fsp3) is 0.156. The minimum absolute atomic E-state index is 0.305. The molecule has 4 heteroatoms. The molecule has 0 N–H and O–H groups in total. The fourth-order valence-electron chi connectivity index (χ4n) is 4.81. The van der Waals surface area contributed by atoms with Crippen LogP contribution in [0.1, 0.15) is 38.2 Å². The van der Waals surface area contributed by atoms with Gasteiger partial charge in [0.2, 0.25) is 0 Å². The zero-order valence-corrected chi connectivity index (χ0v) is 21.1. The molecule has 4 aromatic rings. The van der Waals surface area contributed by atoms with Crippen LogP contribution in [0.25, 0.3) is 12.2 Å². The number of hydrogen-bond acceptors (Lipinski definition) is 4. The Labute approximate surface area is 213 Å². The summed E-state index contributed by atoms with van der Waals surface area (Å²) in [7, 11) is 8.10. The molecular weight excluding hydrogens is 444 g/mol. The van der Waals surface area contributed by atoms with Crippen LogP contribution < -0.4 is 9.80 Å². The van der Waals surface area contributed by atoms with Crippen molar-refractivity contribution in [2.75, 3.05) is 38.0 Å². The summed E-state index contributed by atoms with van der Waals surface area (Å²) in [5.41, 5.74) is 6.62. The smallest absolute Gasteiger partial charge is 0.340 e. The Hall–Kier alpha value is -4.31. The predicted molar refractivity (Wildman–Crippen MR) is 149 cm³/mol. The van der Waals surface area contributed by atoms with E-state index in [0.29, 0.717) is 5.56 Å². The van der Waals surface area contributed by atoms with E-state index in [4.69, 9.17) is 4.74 Å². The van der Waals surface area contributed by atoms with E-state index in [1.54, 1.807) is 0 Å². The summed E-state index contributed by atoms with van der Waals surface area (Å²) in [5.74, 6) is -0.305. The number of anilines is 2. The maximum Gasteiger partial charge on any atom is 0.340 e. The second-order valence-electron chi connectivity index (χ2n) is 9.46. The maximum atomic E-state index is 13.1. The maximum absolute atomic E-state index is 13.1. The first-order valence-electron chi connectivity index (χ1n) is 12.1. The number of ether oxygens (including phenoxy) is 1. The molecule has 4 nitrogen and oxygen atoms in total. The van der Waals surface area contributed by atoms with Crippen LogP contribution in [0.5, 0.6) is 0 Å². The molecule has 0 aromatic heterocycles. The van der Waals surface area contributed by atoms with Gasteiger partial charge in [0.25, 0.3) is 0 Å². The van der Waals surface area contributed by atoms with E-state index < -0.39 is 5.60 Å². The van der Waals surface area contributed by atoms with Gasteiger partial charge in [-0.3, -0.25) is 0 Å². The Morgan fingerprint density at radius 2 is 1.19 bits per heavy atom. The Morgan fingerprint density at radius 1 is 0.639 bits per heavy atom. The van der Waals surface area contributed by atoms with Crippen molar-refractivity contribution in [2.24, 2.45) is 0 Å². The quantitative estimate of drug-likeness (QED) is 0.237. The summed E-state index contributed by atoms with van der Waals surface area (Å²) in [6, 6.07) is 32.5. The highest BCUT2D eigenvalue weighted by molar-refractivity contribution is 5.96. The minimum atomic E-state index is -1.03. The number of benzene rings is 4. The average molecular weight is 475 g/mol. The third-order valence-corrected chi connectivity index (χ3v) is 6.77. The number of hydrogen-bond donors (Lipinski definition) is 0. The number of carbonyl (C=O) groups is 1. The summed E-state index contributed by atoms with van der Waals surface area (Å²) in [6.07, 6.45) is 4.20. The Kier molecular flexibility index (Phi) is 6.11. The lowest BCUT2D eigenvalue weighted by Crippen LogP contribution is -2.30. The molecule has 0 radical (unpaired) electrons. The zero-order chi connectivity index (χ0) is 25.3. The number of fused-ring (bicyclic) bond motifs is 1. The van der Waals surface area contributed by atoms with Crippen molar-refractivity contribution in [3.8, 4) is 0 Å². The topological polar surface area (TPSA) is 32.8 Å². The van der Waals surface area contributed by atoms with Crippen LogP contribution in [0.15, 0.2) is 97.1 Å². The van der Waals surface area contributed by atoms with Gasteiger partial charge in [-0.2, -0.15) is 0 Å². The van der Waals surface area contributed by atoms with Crippen LogP contribution in [-0.4, -0.2) is 34.2 Å². The molecule has 1 aliphatic rings. The van der Waals surface area contributed by atoms with Gasteiger partial charge in [0.05, 0.1) is 5.56 Å². The molecule has 0 spiro atoms. The van der Waals surface area contributed by atoms with Gasteiger partial charge in [-0.15, -0.1) is 0 Å². The largest absolute Gasteiger partial charge is 0.441 e. The van der Waals surface area contributed by atoms with Gasteiger partial charge in [-0.05, 0) is 41.5 Å². The average Bonchev–Trinajstić information content (AvgIpc) is 3.21. The van der Waals surface area contributed by atoms with Gasteiger partial charge < -0.3 is 14.5 Å². The standard InChI is InChI=1S/C32H30N2O2/c1-33(2)26-19-14-23(15-20-26)13-16-24-9-5-7-11-29(24)32(25-17-21-27(22-18-25)34(3)4)30-12-8-6-10-28(30)31(35)36-32/h5-22H,1-4H3. The van der Waals surface area contributed by atoms with Crippen LogP contribution in [0, 0.1) is 0 Å². The van der Waals surface area contributed by atoms with E-state index >= 15 is 0 Å². The summed E-state index contributed by atoms with van der Waals surface area (Å²) in [6.45, 7) is 0. The number of esters is 1. The molecule has 0 bridgehead atoms. The predicted octanol–water partition coefficient (Wildman–Crippen LogP) is 6.45. The molecule has 0 aliphatic carbocycles. The SMILES string of the molecule is CN(C)c1ccc(C=Cc2ccccc2C2(c3ccc(N(C)C)cc3)OC(=O)c3ccccc32)cc1. The van der Waals surface area contributed by atoms with Gasteiger partial charge in [-0.1, -0.05) is 78.9 Å². The van der Waals surface area contributed by atoms with Crippen molar-refractivity contribution >= 4 is 29.5 Å². The Balaban J connectivity index is 1.66. The van der Waals surface area contributed by atoms with Crippen molar-refractivity contribution in [2.45, 2.75) is 5.60 Å². The number of carbonyl (C=O) groups excluding carboxylic acids is 1. The van der Waals surface area contributed by atoms with Crippen LogP contribution in [0.4, 0.5) is 11.4 Å². The Bertz CT molecular complexity index is 1420. The van der Waals surface area contributed by atoms with E-state index in [0.717, 1.165) is 39.2 Å². The first-order valence-corrected chi connectivity index (χ1v) is 12.1. The summed E-state index contributed by atoms with van der Waals surface area (Å²) >= 11 is 0. The molecule has 0 amide bonds. The van der Waals surface area contributed by atoms with Crippen molar-refractivity contribution in [1.29, 1.82) is 0 Å². The van der Waals surface area contributed by atoms with Gasteiger partial charge in [0.1, 0.15) is 0 Å². The molecule has 1 unspecified atom stereocenters. The lowest BCUT2D eigenvalue weighted by atomic mass is 9.78. The van der Waals surface area contributed by atoms with Crippen LogP contribution in [0.2, 0.25) is 0 Å². The molecule has 0 saturated heterocycles. The van der Waals surface area contributed by atoms with Crippen LogP contribution in [0.3, 0.4) is 0 Å². The number of cyclic esters (lactones) is 1. The fourth-order valence-corrected chi connectivity index (χ4v) is 4.81. The second-order valence-corrected chi connectivity index (χ2v) is 9.46. The molecule has 0 saturated carbocycles. The highest BCUT2D eigenvalue weighted by atomic mass is 16.6. The normalized spacial score (nSPS) is 16.6. The van der Waals surface area contributed by atoms with Gasteiger partial charge in [0.15, 0.2) is 5.60 Å². The van der Waals surface area contributed by atoms with Crippen LogP contribution in [-0.2, 0) is 10.3 Å². The third kappa shape index (κ3) is 4.05. The molecule has 1 heterocycles. The minimum Gasteiger partial charge on any atom is -0.441 e. The number of rotatable bonds is 6. The van der Waals surface area contributed by atoms with E-state index in [9.17, 15) is 4.79 Å². The first kappa shape index (κ1) is 23.4. The summed E-state index contributed by atoms with van der Waals surface area (Å²) < 4.78 is 6.33. The van der Waals surface area contributed by atoms with Crippen molar-refractivity contribution in [3.05, 3.63) is 130 Å². The molecule has 0 fully saturated rings. The van der Waals surface area contributed by atoms with Crippen molar-refractivity contribution < 1.29 is 9.53 Å². The van der Waals surface area contributed by atoms with Gasteiger partial charge in [-0.25, -0.2) is 4.79 Å². The lowest BCUT2D eigenvalue weighted by Gasteiger charge is -2.32.